The third-order valence-electron chi connectivity index (χ3n) is 5.53. The monoisotopic (exact) mass is 431 g/mol. The van der Waals surface area contributed by atoms with Crippen molar-refractivity contribution in [2.45, 2.75) is 25.9 Å². The van der Waals surface area contributed by atoms with E-state index in [1.807, 2.05) is 48.5 Å². The van der Waals surface area contributed by atoms with Crippen LogP contribution in [0.3, 0.4) is 0 Å². The summed E-state index contributed by atoms with van der Waals surface area (Å²) in [6.45, 7) is 0.701. The van der Waals surface area contributed by atoms with Crippen LogP contribution in [0.1, 0.15) is 11.1 Å². The zero-order valence-corrected chi connectivity index (χ0v) is 18.2. The minimum Gasteiger partial charge on any atom is -0.493 e. The molecule has 0 aliphatic rings. The number of aromatic nitrogens is 3. The molecular weight excluding hydrogens is 406 g/mol. The lowest BCUT2D eigenvalue weighted by atomic mass is 10.1. The highest BCUT2D eigenvalue weighted by Gasteiger charge is 2.14. The zero-order chi connectivity index (χ0) is 22.5. The van der Waals surface area contributed by atoms with Crippen molar-refractivity contribution < 1.29 is 9.47 Å². The van der Waals surface area contributed by atoms with Gasteiger partial charge in [-0.2, -0.15) is 0 Å². The molecular formula is C25H25N3O4. The van der Waals surface area contributed by atoms with Gasteiger partial charge in [0.05, 0.1) is 19.7 Å². The van der Waals surface area contributed by atoms with Crippen LogP contribution in [0.5, 0.6) is 11.5 Å². The second kappa shape index (κ2) is 9.51. The summed E-state index contributed by atoms with van der Waals surface area (Å²) in [5, 5.41) is 0. The Kier molecular flexibility index (Phi) is 6.35. The van der Waals surface area contributed by atoms with E-state index in [-0.39, 0.29) is 17.8 Å². The lowest BCUT2D eigenvalue weighted by molar-refractivity contribution is 0.354. The Labute approximate surface area is 185 Å². The predicted octanol–water partition coefficient (Wildman–Crippen LogP) is 3.06. The molecule has 0 atom stereocenters. The van der Waals surface area contributed by atoms with Gasteiger partial charge in [-0.05, 0) is 48.2 Å². The molecule has 164 valence electrons. The topological polar surface area (TPSA) is 75.4 Å². The number of rotatable bonds is 8. The van der Waals surface area contributed by atoms with E-state index in [0.717, 1.165) is 11.1 Å². The highest BCUT2D eigenvalue weighted by atomic mass is 16.5. The lowest BCUT2D eigenvalue weighted by Gasteiger charge is -2.14. The molecule has 0 aliphatic carbocycles. The van der Waals surface area contributed by atoms with Crippen LogP contribution in [-0.2, 0) is 25.9 Å². The van der Waals surface area contributed by atoms with Crippen molar-refractivity contribution in [1.82, 2.24) is 14.1 Å². The SMILES string of the molecule is COc1ccc(CCn2c(=O)c3ncccc3n(CCc3ccccc3)c2=O)cc1OC. The predicted molar refractivity (Wildman–Crippen MR) is 124 cm³/mol. The molecule has 0 saturated carbocycles. The number of pyridine rings is 1. The molecule has 2 heterocycles. The van der Waals surface area contributed by atoms with Gasteiger partial charge in [0.25, 0.3) is 5.56 Å². The minimum atomic E-state index is -0.373. The zero-order valence-electron chi connectivity index (χ0n) is 18.2. The molecule has 7 heteroatoms. The number of hydrogen-bond acceptors (Lipinski definition) is 5. The largest absolute Gasteiger partial charge is 0.493 e. The molecule has 2 aromatic heterocycles. The van der Waals surface area contributed by atoms with Crippen LogP contribution >= 0.6 is 0 Å². The number of fused-ring (bicyclic) bond motifs is 1. The highest BCUT2D eigenvalue weighted by Crippen LogP contribution is 2.27. The molecule has 0 radical (unpaired) electrons. The maximum absolute atomic E-state index is 13.3. The van der Waals surface area contributed by atoms with Gasteiger partial charge in [0.2, 0.25) is 0 Å². The van der Waals surface area contributed by atoms with E-state index >= 15 is 0 Å². The normalized spacial score (nSPS) is 10.9. The molecule has 0 saturated heterocycles. The van der Waals surface area contributed by atoms with Gasteiger partial charge in [-0.1, -0.05) is 36.4 Å². The van der Waals surface area contributed by atoms with Crippen LogP contribution in [0, 0.1) is 0 Å². The molecule has 7 nitrogen and oxygen atoms in total. The molecule has 0 spiro atoms. The number of ether oxygens (including phenoxy) is 2. The van der Waals surface area contributed by atoms with Gasteiger partial charge in [-0.15, -0.1) is 0 Å². The summed E-state index contributed by atoms with van der Waals surface area (Å²) >= 11 is 0. The van der Waals surface area contributed by atoms with Crippen LogP contribution < -0.4 is 20.7 Å². The summed E-state index contributed by atoms with van der Waals surface area (Å²) < 4.78 is 13.6. The Balaban J connectivity index is 1.68. The van der Waals surface area contributed by atoms with Crippen molar-refractivity contribution in [2.24, 2.45) is 0 Å². The van der Waals surface area contributed by atoms with E-state index in [1.165, 1.54) is 4.57 Å². The van der Waals surface area contributed by atoms with E-state index in [1.54, 1.807) is 37.1 Å². The van der Waals surface area contributed by atoms with Crippen molar-refractivity contribution >= 4 is 11.0 Å². The fraction of sp³-hybridized carbons (Fsp3) is 0.240. The minimum absolute atomic E-state index is 0.241. The van der Waals surface area contributed by atoms with Gasteiger partial charge in [-0.3, -0.25) is 13.9 Å². The molecule has 2 aromatic carbocycles. The molecule has 0 amide bonds. The van der Waals surface area contributed by atoms with E-state index in [0.29, 0.717) is 41.9 Å². The third-order valence-corrected chi connectivity index (χ3v) is 5.53. The third kappa shape index (κ3) is 4.27. The average molecular weight is 431 g/mol. The molecule has 0 aliphatic heterocycles. The van der Waals surface area contributed by atoms with Crippen LogP contribution in [0.2, 0.25) is 0 Å². The van der Waals surface area contributed by atoms with Crippen molar-refractivity contribution in [3.05, 3.63) is 98.8 Å². The summed E-state index contributed by atoms with van der Waals surface area (Å²) in [7, 11) is 3.16. The van der Waals surface area contributed by atoms with Gasteiger partial charge < -0.3 is 9.47 Å². The Morgan fingerprint density at radius 3 is 2.25 bits per heavy atom. The Morgan fingerprint density at radius 2 is 1.50 bits per heavy atom. The molecule has 0 bridgehead atoms. The summed E-state index contributed by atoms with van der Waals surface area (Å²) in [6.07, 6.45) is 2.75. The second-order valence-corrected chi connectivity index (χ2v) is 7.44. The van der Waals surface area contributed by atoms with Crippen molar-refractivity contribution in [1.29, 1.82) is 0 Å². The quantitative estimate of drug-likeness (QED) is 0.429. The number of hydrogen-bond donors (Lipinski definition) is 0. The maximum atomic E-state index is 13.3. The number of methoxy groups -OCH3 is 2. The molecule has 0 unspecified atom stereocenters. The van der Waals surface area contributed by atoms with Gasteiger partial charge >= 0.3 is 5.69 Å². The number of benzene rings is 2. The number of aryl methyl sites for hydroxylation is 3. The first-order valence-corrected chi connectivity index (χ1v) is 10.5. The summed E-state index contributed by atoms with van der Waals surface area (Å²) in [6, 6.07) is 19.1. The van der Waals surface area contributed by atoms with Crippen LogP contribution in [0.25, 0.3) is 11.0 Å². The number of nitrogens with zero attached hydrogens (tertiary/aromatic N) is 3. The molecule has 0 fully saturated rings. The molecule has 0 N–H and O–H groups in total. The van der Waals surface area contributed by atoms with Gasteiger partial charge in [0.1, 0.15) is 0 Å². The van der Waals surface area contributed by atoms with E-state index < -0.39 is 0 Å². The van der Waals surface area contributed by atoms with Gasteiger partial charge in [-0.25, -0.2) is 9.78 Å². The second-order valence-electron chi connectivity index (χ2n) is 7.44. The molecule has 4 rings (SSSR count). The van der Waals surface area contributed by atoms with Gasteiger partial charge in [0, 0.05) is 19.3 Å². The summed E-state index contributed by atoms with van der Waals surface area (Å²) in [5.41, 5.74) is 2.22. The van der Waals surface area contributed by atoms with Crippen molar-refractivity contribution in [3.63, 3.8) is 0 Å². The Hall–Kier alpha value is -3.87. The van der Waals surface area contributed by atoms with E-state index in [9.17, 15) is 9.59 Å². The summed E-state index contributed by atoms with van der Waals surface area (Å²) in [5.74, 6) is 1.24. The first-order valence-electron chi connectivity index (χ1n) is 10.5. The Bertz CT molecular complexity index is 1340. The van der Waals surface area contributed by atoms with Crippen LogP contribution in [0.15, 0.2) is 76.4 Å². The van der Waals surface area contributed by atoms with Crippen LogP contribution in [-0.4, -0.2) is 28.3 Å². The first kappa shape index (κ1) is 21.4. The standard InChI is InChI=1S/C25H25N3O4/c1-31-21-11-10-19(17-22(21)32-2)13-16-28-24(29)23-20(9-6-14-26-23)27(25(28)30)15-12-18-7-4-3-5-8-18/h3-11,14,17H,12-13,15-16H2,1-2H3. The Morgan fingerprint density at radius 1 is 0.781 bits per heavy atom. The van der Waals surface area contributed by atoms with E-state index in [4.69, 9.17) is 9.47 Å². The van der Waals surface area contributed by atoms with Gasteiger partial charge in [0.15, 0.2) is 17.0 Å². The fourth-order valence-corrected chi connectivity index (χ4v) is 3.82. The van der Waals surface area contributed by atoms with Crippen LogP contribution in [0.4, 0.5) is 0 Å². The average Bonchev–Trinajstić information content (AvgIpc) is 2.84. The lowest BCUT2D eigenvalue weighted by Crippen LogP contribution is -2.41. The first-order chi connectivity index (χ1) is 15.6. The highest BCUT2D eigenvalue weighted by molar-refractivity contribution is 5.73. The van der Waals surface area contributed by atoms with E-state index in [2.05, 4.69) is 4.98 Å². The van der Waals surface area contributed by atoms with Crippen molar-refractivity contribution in [2.75, 3.05) is 14.2 Å². The maximum Gasteiger partial charge on any atom is 0.331 e. The molecule has 32 heavy (non-hydrogen) atoms. The molecule has 4 aromatic rings. The fourth-order valence-electron chi connectivity index (χ4n) is 3.82. The summed E-state index contributed by atoms with van der Waals surface area (Å²) in [4.78, 5) is 30.7. The smallest absolute Gasteiger partial charge is 0.331 e. The van der Waals surface area contributed by atoms with Crippen molar-refractivity contribution in [3.8, 4) is 11.5 Å².